The molecule has 1 aromatic carbocycles. The largest absolute Gasteiger partial charge is 0.493 e. The lowest BCUT2D eigenvalue weighted by Gasteiger charge is -2.46. The van der Waals surface area contributed by atoms with E-state index in [1.54, 1.807) is 21.3 Å². The van der Waals surface area contributed by atoms with Gasteiger partial charge in [-0.2, -0.15) is 0 Å². The first-order valence-corrected chi connectivity index (χ1v) is 9.17. The molecule has 0 unspecified atom stereocenters. The fourth-order valence-corrected chi connectivity index (χ4v) is 4.21. The average molecular weight is 382 g/mol. The summed E-state index contributed by atoms with van der Waals surface area (Å²) >= 11 is 5.53. The van der Waals surface area contributed by atoms with Gasteiger partial charge in [-0.15, -0.1) is 0 Å². The highest BCUT2D eigenvalue weighted by atomic mass is 32.1. The summed E-state index contributed by atoms with van der Waals surface area (Å²) in [7, 11) is 4.77. The van der Waals surface area contributed by atoms with E-state index in [0.29, 0.717) is 28.4 Å². The predicted octanol–water partition coefficient (Wildman–Crippen LogP) is 3.31. The van der Waals surface area contributed by atoms with Crippen molar-refractivity contribution >= 4 is 23.0 Å². The molecule has 146 valence electrons. The highest BCUT2D eigenvalue weighted by molar-refractivity contribution is 7.80. The third-order valence-electron chi connectivity index (χ3n) is 4.45. The van der Waals surface area contributed by atoms with E-state index in [4.69, 9.17) is 26.4 Å². The molecule has 0 radical (unpaired) electrons. The fourth-order valence-electron chi connectivity index (χ4n) is 3.93. The summed E-state index contributed by atoms with van der Waals surface area (Å²) in [4.78, 5) is 0. The normalized spacial score (nSPS) is 18.7. The van der Waals surface area contributed by atoms with Crippen molar-refractivity contribution in [3.63, 3.8) is 0 Å². The SMILES string of the molecule is COc1cc(NC(=S)NC2CC(C)(C)NC(C)(C)C2)cc(OC)c1OC. The molecule has 26 heavy (non-hydrogen) atoms. The molecule has 0 aliphatic carbocycles. The Morgan fingerprint density at radius 2 is 1.50 bits per heavy atom. The number of nitrogens with one attached hydrogen (secondary N) is 3. The summed E-state index contributed by atoms with van der Waals surface area (Å²) in [5, 5.41) is 10.9. The zero-order chi connectivity index (χ0) is 19.5. The maximum absolute atomic E-state index is 5.53. The van der Waals surface area contributed by atoms with Crippen LogP contribution in [0.15, 0.2) is 12.1 Å². The second kappa shape index (κ2) is 7.88. The summed E-state index contributed by atoms with van der Waals surface area (Å²) < 4.78 is 16.1. The van der Waals surface area contributed by atoms with Crippen molar-refractivity contribution in [3.05, 3.63) is 12.1 Å². The van der Waals surface area contributed by atoms with Gasteiger partial charge < -0.3 is 30.2 Å². The Kier molecular flexibility index (Phi) is 6.24. The molecule has 1 aliphatic rings. The van der Waals surface area contributed by atoms with E-state index in [-0.39, 0.29) is 11.1 Å². The monoisotopic (exact) mass is 381 g/mol. The number of piperidine rings is 1. The van der Waals surface area contributed by atoms with Gasteiger partial charge in [-0.1, -0.05) is 0 Å². The van der Waals surface area contributed by atoms with Crippen LogP contribution in [0, 0.1) is 0 Å². The molecule has 0 spiro atoms. The molecule has 1 saturated heterocycles. The van der Waals surface area contributed by atoms with Crippen LogP contribution in [-0.4, -0.2) is 43.6 Å². The third-order valence-corrected chi connectivity index (χ3v) is 4.67. The first kappa shape index (κ1) is 20.6. The number of benzene rings is 1. The number of thiocarbonyl (C=S) groups is 1. The molecule has 2 rings (SSSR count). The third kappa shape index (κ3) is 5.14. The lowest BCUT2D eigenvalue weighted by molar-refractivity contribution is 0.156. The molecular weight excluding hydrogens is 350 g/mol. The molecule has 7 heteroatoms. The van der Waals surface area contributed by atoms with Gasteiger partial charge in [0, 0.05) is 34.9 Å². The van der Waals surface area contributed by atoms with Gasteiger partial charge in [0.25, 0.3) is 0 Å². The average Bonchev–Trinajstić information content (AvgIpc) is 2.50. The molecule has 0 amide bonds. The van der Waals surface area contributed by atoms with Gasteiger partial charge in [-0.3, -0.25) is 0 Å². The van der Waals surface area contributed by atoms with Crippen LogP contribution < -0.4 is 30.2 Å². The van der Waals surface area contributed by atoms with E-state index < -0.39 is 0 Å². The van der Waals surface area contributed by atoms with E-state index in [2.05, 4.69) is 43.6 Å². The van der Waals surface area contributed by atoms with Crippen LogP contribution >= 0.6 is 12.2 Å². The summed E-state index contributed by atoms with van der Waals surface area (Å²) in [6, 6.07) is 3.97. The molecule has 0 aromatic heterocycles. The molecule has 1 aromatic rings. The standard InChI is InChI=1S/C19H31N3O3S/c1-18(2)10-13(11-19(3,4)22-18)21-17(26)20-12-8-14(23-5)16(25-7)15(9-12)24-6/h8-9,13,22H,10-11H2,1-7H3,(H2,20,21,26). The van der Waals surface area contributed by atoms with E-state index in [1.807, 2.05) is 12.1 Å². The van der Waals surface area contributed by atoms with Crippen LogP contribution in [0.4, 0.5) is 5.69 Å². The zero-order valence-electron chi connectivity index (χ0n) is 16.8. The van der Waals surface area contributed by atoms with Crippen molar-refractivity contribution < 1.29 is 14.2 Å². The minimum atomic E-state index is 0.0571. The summed E-state index contributed by atoms with van der Waals surface area (Å²) in [5.74, 6) is 1.73. The van der Waals surface area contributed by atoms with E-state index >= 15 is 0 Å². The number of rotatable bonds is 5. The van der Waals surface area contributed by atoms with Crippen molar-refractivity contribution in [1.29, 1.82) is 0 Å². The van der Waals surface area contributed by atoms with Gasteiger partial charge in [0.15, 0.2) is 16.6 Å². The van der Waals surface area contributed by atoms with Crippen LogP contribution in [0.3, 0.4) is 0 Å². The number of hydrogen-bond donors (Lipinski definition) is 3. The lowest BCUT2D eigenvalue weighted by Crippen LogP contribution is -2.62. The molecule has 0 bridgehead atoms. The van der Waals surface area contributed by atoms with Gasteiger partial charge in [-0.05, 0) is 52.8 Å². The number of hydrogen-bond acceptors (Lipinski definition) is 5. The number of ether oxygens (including phenoxy) is 3. The maximum Gasteiger partial charge on any atom is 0.203 e. The second-order valence-electron chi connectivity index (χ2n) is 8.01. The van der Waals surface area contributed by atoms with Crippen molar-refractivity contribution in [3.8, 4) is 17.2 Å². The summed E-state index contributed by atoms with van der Waals surface area (Å²) in [6.45, 7) is 8.88. The Bertz CT molecular complexity index is 620. The summed E-state index contributed by atoms with van der Waals surface area (Å²) in [5.41, 5.74) is 0.896. The van der Waals surface area contributed by atoms with Crippen molar-refractivity contribution in [2.75, 3.05) is 26.6 Å². The molecule has 1 heterocycles. The quantitative estimate of drug-likeness (QED) is 0.676. The van der Waals surface area contributed by atoms with E-state index in [0.717, 1.165) is 18.5 Å². The van der Waals surface area contributed by atoms with Gasteiger partial charge in [0.2, 0.25) is 5.75 Å². The molecule has 6 nitrogen and oxygen atoms in total. The van der Waals surface area contributed by atoms with Gasteiger partial charge in [-0.25, -0.2) is 0 Å². The number of methoxy groups -OCH3 is 3. The maximum atomic E-state index is 5.53. The smallest absolute Gasteiger partial charge is 0.203 e. The Morgan fingerprint density at radius 1 is 1.00 bits per heavy atom. The van der Waals surface area contributed by atoms with E-state index in [1.165, 1.54) is 0 Å². The topological polar surface area (TPSA) is 63.8 Å². The van der Waals surface area contributed by atoms with Crippen LogP contribution in [0.5, 0.6) is 17.2 Å². The van der Waals surface area contributed by atoms with Gasteiger partial charge in [0.1, 0.15) is 0 Å². The fraction of sp³-hybridized carbons (Fsp3) is 0.632. The first-order valence-electron chi connectivity index (χ1n) is 8.76. The highest BCUT2D eigenvalue weighted by Gasteiger charge is 2.37. The minimum Gasteiger partial charge on any atom is -0.493 e. The molecule has 0 atom stereocenters. The van der Waals surface area contributed by atoms with Crippen LogP contribution in [0.25, 0.3) is 0 Å². The Hall–Kier alpha value is -1.73. The molecular formula is C19H31N3O3S. The molecule has 0 saturated carbocycles. The molecule has 3 N–H and O–H groups in total. The van der Waals surface area contributed by atoms with Gasteiger partial charge >= 0.3 is 0 Å². The van der Waals surface area contributed by atoms with Crippen LogP contribution in [-0.2, 0) is 0 Å². The van der Waals surface area contributed by atoms with Gasteiger partial charge in [0.05, 0.1) is 21.3 Å². The highest BCUT2D eigenvalue weighted by Crippen LogP contribution is 2.40. The Labute approximate surface area is 162 Å². The van der Waals surface area contributed by atoms with Crippen molar-refractivity contribution in [2.24, 2.45) is 0 Å². The zero-order valence-corrected chi connectivity index (χ0v) is 17.6. The lowest BCUT2D eigenvalue weighted by atomic mass is 9.80. The Morgan fingerprint density at radius 3 is 1.92 bits per heavy atom. The van der Waals surface area contributed by atoms with E-state index in [9.17, 15) is 0 Å². The number of anilines is 1. The first-order chi connectivity index (χ1) is 12.1. The Balaban J connectivity index is 2.10. The van der Waals surface area contributed by atoms with Crippen molar-refractivity contribution in [2.45, 2.75) is 57.7 Å². The van der Waals surface area contributed by atoms with Crippen LogP contribution in [0.1, 0.15) is 40.5 Å². The van der Waals surface area contributed by atoms with Crippen LogP contribution in [0.2, 0.25) is 0 Å². The summed E-state index contributed by atoms with van der Waals surface area (Å²) in [6.07, 6.45) is 1.99. The second-order valence-corrected chi connectivity index (χ2v) is 8.42. The predicted molar refractivity (Wildman–Crippen MR) is 110 cm³/mol. The minimum absolute atomic E-state index is 0.0571. The molecule has 1 aliphatic heterocycles. The molecule has 1 fully saturated rings. The van der Waals surface area contributed by atoms with Crippen molar-refractivity contribution in [1.82, 2.24) is 10.6 Å².